The zero-order chi connectivity index (χ0) is 12.9. The maximum atomic E-state index is 12.0. The minimum absolute atomic E-state index is 0.118. The molecule has 3 rings (SSSR count). The van der Waals surface area contributed by atoms with Crippen molar-refractivity contribution in [2.45, 2.75) is 50.2 Å². The van der Waals surface area contributed by atoms with E-state index in [1.165, 1.54) is 12.8 Å². The number of fused-ring (bicyclic) bond motifs is 2. The van der Waals surface area contributed by atoms with Crippen molar-refractivity contribution >= 4 is 11.8 Å². The highest BCUT2D eigenvalue weighted by Gasteiger charge is 2.44. The van der Waals surface area contributed by atoms with Crippen LogP contribution < -0.4 is 5.73 Å². The number of nitrogens with two attached hydrogens (primary N) is 1. The summed E-state index contributed by atoms with van der Waals surface area (Å²) in [5.41, 5.74) is 5.31. The van der Waals surface area contributed by atoms with Crippen LogP contribution in [-0.2, 0) is 9.59 Å². The predicted octanol–water partition coefficient (Wildman–Crippen LogP) is -0.0546. The second-order valence-electron chi connectivity index (χ2n) is 6.03. The van der Waals surface area contributed by atoms with Gasteiger partial charge in [-0.15, -0.1) is 0 Å². The van der Waals surface area contributed by atoms with Gasteiger partial charge in [-0.1, -0.05) is 0 Å². The summed E-state index contributed by atoms with van der Waals surface area (Å²) in [6, 6.07) is 1.57. The van der Waals surface area contributed by atoms with Crippen molar-refractivity contribution in [2.24, 2.45) is 11.7 Å². The van der Waals surface area contributed by atoms with Crippen LogP contribution in [0.5, 0.6) is 0 Å². The van der Waals surface area contributed by atoms with E-state index < -0.39 is 0 Å². The summed E-state index contributed by atoms with van der Waals surface area (Å²) in [4.78, 5) is 27.6. The Bertz CT molecular complexity index is 370. The van der Waals surface area contributed by atoms with E-state index in [1.54, 1.807) is 0 Å². The molecule has 0 spiro atoms. The second kappa shape index (κ2) is 4.23. The van der Waals surface area contributed by atoms with Gasteiger partial charge in [0.15, 0.2) is 0 Å². The zero-order valence-electron chi connectivity index (χ0n) is 10.8. The van der Waals surface area contributed by atoms with Crippen LogP contribution in [0.1, 0.15) is 32.1 Å². The highest BCUT2D eigenvalue weighted by Crippen LogP contribution is 2.37. The van der Waals surface area contributed by atoms with Gasteiger partial charge >= 0.3 is 0 Å². The monoisotopic (exact) mass is 251 g/mol. The first-order valence-corrected chi connectivity index (χ1v) is 6.87. The standard InChI is InChI=1S/C13H21N3O2/c1-15-9-2-3-10(15)6-11(5-9)16-7-8(13(14)18)4-12(16)17/h8-11H,2-7H2,1H3,(H2,14,18). The minimum atomic E-state index is -0.332. The Labute approximate surface area is 107 Å². The van der Waals surface area contributed by atoms with E-state index in [0.29, 0.717) is 31.1 Å². The number of piperidine rings is 1. The third kappa shape index (κ3) is 1.81. The summed E-state index contributed by atoms with van der Waals surface area (Å²) < 4.78 is 0. The number of hydrogen-bond donors (Lipinski definition) is 1. The topological polar surface area (TPSA) is 66.6 Å². The lowest BCUT2D eigenvalue weighted by Gasteiger charge is -2.40. The Morgan fingerprint density at radius 3 is 2.33 bits per heavy atom. The number of likely N-dealkylation sites (tertiary alicyclic amines) is 1. The third-order valence-electron chi connectivity index (χ3n) is 5.07. The molecule has 3 atom stereocenters. The van der Waals surface area contributed by atoms with Crippen molar-refractivity contribution in [1.82, 2.24) is 9.80 Å². The second-order valence-corrected chi connectivity index (χ2v) is 6.03. The molecule has 5 heteroatoms. The van der Waals surface area contributed by atoms with E-state index in [-0.39, 0.29) is 17.7 Å². The lowest BCUT2D eigenvalue weighted by Crippen LogP contribution is -2.49. The van der Waals surface area contributed by atoms with Crippen LogP contribution in [0.2, 0.25) is 0 Å². The fraction of sp³-hybridized carbons (Fsp3) is 0.846. The molecule has 0 radical (unpaired) electrons. The summed E-state index contributed by atoms with van der Waals surface area (Å²) >= 11 is 0. The number of rotatable bonds is 2. The van der Waals surface area contributed by atoms with Gasteiger partial charge in [-0.05, 0) is 32.7 Å². The maximum absolute atomic E-state index is 12.0. The van der Waals surface area contributed by atoms with Gasteiger partial charge in [0.1, 0.15) is 0 Å². The molecule has 5 nitrogen and oxygen atoms in total. The smallest absolute Gasteiger partial charge is 0.223 e. The largest absolute Gasteiger partial charge is 0.369 e. The van der Waals surface area contributed by atoms with Crippen LogP contribution in [0.3, 0.4) is 0 Å². The molecule has 0 aromatic heterocycles. The van der Waals surface area contributed by atoms with Gasteiger partial charge < -0.3 is 15.5 Å². The fourth-order valence-electron chi connectivity index (χ4n) is 3.91. The summed E-state index contributed by atoms with van der Waals surface area (Å²) in [6.07, 6.45) is 4.93. The lowest BCUT2D eigenvalue weighted by atomic mass is 9.96. The first-order valence-electron chi connectivity index (χ1n) is 6.87. The quantitative estimate of drug-likeness (QED) is 0.748. The molecule has 3 saturated heterocycles. The predicted molar refractivity (Wildman–Crippen MR) is 66.6 cm³/mol. The molecule has 0 saturated carbocycles. The zero-order valence-corrected chi connectivity index (χ0v) is 10.8. The van der Waals surface area contributed by atoms with Gasteiger partial charge in [-0.2, -0.15) is 0 Å². The number of amides is 2. The van der Waals surface area contributed by atoms with Crippen LogP contribution in [0.25, 0.3) is 0 Å². The van der Waals surface area contributed by atoms with E-state index in [9.17, 15) is 9.59 Å². The first kappa shape index (κ1) is 12.0. The third-order valence-corrected chi connectivity index (χ3v) is 5.07. The van der Waals surface area contributed by atoms with E-state index >= 15 is 0 Å². The molecule has 3 aliphatic rings. The Balaban J connectivity index is 1.69. The number of carbonyl (C=O) groups is 2. The number of hydrogen-bond acceptors (Lipinski definition) is 3. The molecule has 3 unspecified atom stereocenters. The maximum Gasteiger partial charge on any atom is 0.223 e. The first-order chi connectivity index (χ1) is 8.56. The van der Waals surface area contributed by atoms with Gasteiger partial charge in [0.25, 0.3) is 0 Å². The van der Waals surface area contributed by atoms with Crippen LogP contribution in [-0.4, -0.2) is 53.3 Å². The lowest BCUT2D eigenvalue weighted by molar-refractivity contribution is -0.131. The molecule has 2 bridgehead atoms. The van der Waals surface area contributed by atoms with Gasteiger partial charge in [0, 0.05) is 31.1 Å². The summed E-state index contributed by atoms with van der Waals surface area (Å²) in [5, 5.41) is 0. The average molecular weight is 251 g/mol. The number of primary amides is 1. The van der Waals surface area contributed by atoms with Crippen LogP contribution in [0.4, 0.5) is 0 Å². The number of carbonyl (C=O) groups excluding carboxylic acids is 2. The molecule has 2 amide bonds. The molecule has 100 valence electrons. The van der Waals surface area contributed by atoms with Gasteiger partial charge in [0.05, 0.1) is 5.92 Å². The molecular weight excluding hydrogens is 230 g/mol. The van der Waals surface area contributed by atoms with Crippen molar-refractivity contribution in [1.29, 1.82) is 0 Å². The highest BCUT2D eigenvalue weighted by molar-refractivity contribution is 5.88. The SMILES string of the molecule is CN1C2CCC1CC(N1CC(C(N)=O)CC1=O)C2. The van der Waals surface area contributed by atoms with E-state index in [2.05, 4.69) is 11.9 Å². The van der Waals surface area contributed by atoms with E-state index in [0.717, 1.165) is 12.8 Å². The van der Waals surface area contributed by atoms with E-state index in [1.807, 2.05) is 4.90 Å². The molecular formula is C13H21N3O2. The normalized spacial score (nSPS) is 40.5. The molecule has 0 aromatic carbocycles. The number of nitrogens with zero attached hydrogens (tertiary/aromatic N) is 2. The van der Waals surface area contributed by atoms with Crippen molar-refractivity contribution in [3.8, 4) is 0 Å². The van der Waals surface area contributed by atoms with Crippen molar-refractivity contribution in [2.75, 3.05) is 13.6 Å². The molecule has 3 heterocycles. The summed E-state index contributed by atoms with van der Waals surface area (Å²) in [5.74, 6) is -0.482. The van der Waals surface area contributed by atoms with Crippen molar-refractivity contribution in [3.05, 3.63) is 0 Å². The van der Waals surface area contributed by atoms with E-state index in [4.69, 9.17) is 5.73 Å². The van der Waals surface area contributed by atoms with Gasteiger partial charge in [0.2, 0.25) is 11.8 Å². The molecule has 2 N–H and O–H groups in total. The van der Waals surface area contributed by atoms with Crippen molar-refractivity contribution < 1.29 is 9.59 Å². The molecule has 3 fully saturated rings. The van der Waals surface area contributed by atoms with Crippen LogP contribution in [0, 0.1) is 5.92 Å². The van der Waals surface area contributed by atoms with Crippen LogP contribution >= 0.6 is 0 Å². The van der Waals surface area contributed by atoms with Gasteiger partial charge in [-0.25, -0.2) is 0 Å². The summed E-state index contributed by atoms with van der Waals surface area (Å²) in [7, 11) is 2.19. The average Bonchev–Trinajstić information content (AvgIpc) is 2.77. The summed E-state index contributed by atoms with van der Waals surface area (Å²) in [6.45, 7) is 0.544. The van der Waals surface area contributed by atoms with Crippen LogP contribution in [0.15, 0.2) is 0 Å². The van der Waals surface area contributed by atoms with Crippen molar-refractivity contribution in [3.63, 3.8) is 0 Å². The highest BCUT2D eigenvalue weighted by atomic mass is 16.2. The Hall–Kier alpha value is -1.10. The molecule has 3 aliphatic heterocycles. The Morgan fingerprint density at radius 2 is 1.83 bits per heavy atom. The molecule has 0 aliphatic carbocycles. The molecule has 0 aromatic rings. The Morgan fingerprint density at radius 1 is 1.22 bits per heavy atom. The van der Waals surface area contributed by atoms with Gasteiger partial charge in [-0.3, -0.25) is 9.59 Å². The fourth-order valence-corrected chi connectivity index (χ4v) is 3.91. The minimum Gasteiger partial charge on any atom is -0.369 e. The molecule has 18 heavy (non-hydrogen) atoms. The Kier molecular flexibility index (Phi) is 2.81.